The van der Waals surface area contributed by atoms with Crippen LogP contribution in [0.1, 0.15) is 40.0 Å². The Bertz CT molecular complexity index is 215. The van der Waals surface area contributed by atoms with Gasteiger partial charge in [0.25, 0.3) is 0 Å². The zero-order chi connectivity index (χ0) is 11.4. The summed E-state index contributed by atoms with van der Waals surface area (Å²) in [4.78, 5) is 2.56. The predicted octanol–water partition coefficient (Wildman–Crippen LogP) is 2.07. The minimum atomic E-state index is 0.320. The lowest BCUT2D eigenvalue weighted by atomic mass is 9.86. The lowest BCUT2D eigenvalue weighted by Crippen LogP contribution is -2.46. The standard InChI is InChI=1S/C12H25N3/c1-9-7-10(2)11(3)15(8-9)6-4-5-12(13)14/h9-11H,4-8H2,1-3H3,(H3,13,14). The summed E-state index contributed by atoms with van der Waals surface area (Å²) in [5.41, 5.74) is 5.36. The molecule has 1 heterocycles. The van der Waals surface area contributed by atoms with Gasteiger partial charge in [0.15, 0.2) is 0 Å². The number of nitrogens with two attached hydrogens (primary N) is 1. The number of amidine groups is 1. The van der Waals surface area contributed by atoms with E-state index in [1.165, 1.54) is 13.0 Å². The molecule has 15 heavy (non-hydrogen) atoms. The normalized spacial score (nSPS) is 32.9. The number of hydrogen-bond acceptors (Lipinski definition) is 2. The van der Waals surface area contributed by atoms with Crippen molar-refractivity contribution in [3.05, 3.63) is 0 Å². The first kappa shape index (κ1) is 12.5. The van der Waals surface area contributed by atoms with Crippen LogP contribution in [0.3, 0.4) is 0 Å². The van der Waals surface area contributed by atoms with Gasteiger partial charge in [-0.2, -0.15) is 0 Å². The zero-order valence-corrected chi connectivity index (χ0v) is 10.3. The molecule has 0 aliphatic carbocycles. The zero-order valence-electron chi connectivity index (χ0n) is 10.3. The van der Waals surface area contributed by atoms with Gasteiger partial charge in [-0.1, -0.05) is 13.8 Å². The molecule has 1 aliphatic heterocycles. The number of piperidine rings is 1. The molecule has 3 N–H and O–H groups in total. The summed E-state index contributed by atoms with van der Waals surface area (Å²) in [6.45, 7) is 9.31. The number of likely N-dealkylation sites (tertiary alicyclic amines) is 1. The van der Waals surface area contributed by atoms with Crippen molar-refractivity contribution in [3.8, 4) is 0 Å². The minimum Gasteiger partial charge on any atom is -0.388 e. The van der Waals surface area contributed by atoms with Crippen LogP contribution in [0.25, 0.3) is 0 Å². The molecule has 3 nitrogen and oxygen atoms in total. The van der Waals surface area contributed by atoms with Crippen molar-refractivity contribution in [2.24, 2.45) is 17.6 Å². The molecule has 1 saturated heterocycles. The van der Waals surface area contributed by atoms with E-state index in [1.807, 2.05) is 0 Å². The lowest BCUT2D eigenvalue weighted by molar-refractivity contribution is 0.0793. The summed E-state index contributed by atoms with van der Waals surface area (Å²) >= 11 is 0. The second kappa shape index (κ2) is 5.50. The second-order valence-electron chi connectivity index (χ2n) is 5.18. The second-order valence-corrected chi connectivity index (χ2v) is 5.18. The number of nitrogens with zero attached hydrogens (tertiary/aromatic N) is 1. The van der Waals surface area contributed by atoms with Crippen molar-refractivity contribution >= 4 is 5.84 Å². The first-order chi connectivity index (χ1) is 7.00. The summed E-state index contributed by atoms with van der Waals surface area (Å²) in [5, 5.41) is 7.20. The first-order valence-electron chi connectivity index (χ1n) is 6.07. The SMILES string of the molecule is CC1CC(C)C(C)N(CCCC(=N)N)C1. The van der Waals surface area contributed by atoms with E-state index in [0.717, 1.165) is 31.2 Å². The van der Waals surface area contributed by atoms with Crippen molar-refractivity contribution in [2.75, 3.05) is 13.1 Å². The molecule has 0 aromatic rings. The summed E-state index contributed by atoms with van der Waals surface area (Å²) < 4.78 is 0. The molecule has 1 rings (SSSR count). The maximum absolute atomic E-state index is 7.20. The monoisotopic (exact) mass is 211 g/mol. The Morgan fingerprint density at radius 2 is 2.07 bits per heavy atom. The highest BCUT2D eigenvalue weighted by molar-refractivity contribution is 5.76. The van der Waals surface area contributed by atoms with E-state index in [1.54, 1.807) is 0 Å². The maximum Gasteiger partial charge on any atom is 0.0905 e. The topological polar surface area (TPSA) is 53.1 Å². The third-order valence-electron chi connectivity index (χ3n) is 3.61. The molecular weight excluding hydrogens is 186 g/mol. The van der Waals surface area contributed by atoms with Crippen LogP contribution in [0.4, 0.5) is 0 Å². The van der Waals surface area contributed by atoms with Gasteiger partial charge in [0.1, 0.15) is 0 Å². The van der Waals surface area contributed by atoms with Crippen LogP contribution in [0.2, 0.25) is 0 Å². The van der Waals surface area contributed by atoms with Gasteiger partial charge in [-0.3, -0.25) is 5.41 Å². The number of hydrogen-bond donors (Lipinski definition) is 2. The predicted molar refractivity (Wildman–Crippen MR) is 65.1 cm³/mol. The van der Waals surface area contributed by atoms with Gasteiger partial charge in [-0.15, -0.1) is 0 Å². The maximum atomic E-state index is 7.20. The Kier molecular flexibility index (Phi) is 4.58. The van der Waals surface area contributed by atoms with Gasteiger partial charge < -0.3 is 10.6 Å². The minimum absolute atomic E-state index is 0.320. The Labute approximate surface area is 93.5 Å². The van der Waals surface area contributed by atoms with Crippen LogP contribution < -0.4 is 5.73 Å². The average Bonchev–Trinajstić information content (AvgIpc) is 2.12. The van der Waals surface area contributed by atoms with E-state index in [4.69, 9.17) is 11.1 Å². The van der Waals surface area contributed by atoms with E-state index in [9.17, 15) is 0 Å². The van der Waals surface area contributed by atoms with E-state index in [0.29, 0.717) is 11.9 Å². The third-order valence-corrected chi connectivity index (χ3v) is 3.61. The van der Waals surface area contributed by atoms with E-state index in [-0.39, 0.29) is 0 Å². The fourth-order valence-corrected chi connectivity index (χ4v) is 2.60. The molecule has 0 saturated carbocycles. The molecule has 88 valence electrons. The molecule has 1 fully saturated rings. The molecule has 0 amide bonds. The van der Waals surface area contributed by atoms with Gasteiger partial charge in [0.2, 0.25) is 0 Å². The van der Waals surface area contributed by atoms with Crippen LogP contribution in [-0.2, 0) is 0 Å². The highest BCUT2D eigenvalue weighted by atomic mass is 15.2. The molecule has 0 radical (unpaired) electrons. The Hall–Kier alpha value is -0.570. The van der Waals surface area contributed by atoms with Crippen molar-refractivity contribution < 1.29 is 0 Å². The summed E-state index contributed by atoms with van der Waals surface area (Å²) in [7, 11) is 0. The lowest BCUT2D eigenvalue weighted by Gasteiger charge is -2.41. The summed E-state index contributed by atoms with van der Waals surface area (Å²) in [6, 6.07) is 0.688. The molecule has 3 atom stereocenters. The van der Waals surface area contributed by atoms with Gasteiger partial charge >= 0.3 is 0 Å². The molecule has 0 aromatic carbocycles. The Morgan fingerprint density at radius 3 is 2.67 bits per heavy atom. The van der Waals surface area contributed by atoms with Crippen LogP contribution in [0.15, 0.2) is 0 Å². The molecule has 0 aromatic heterocycles. The Morgan fingerprint density at radius 1 is 1.40 bits per heavy atom. The van der Waals surface area contributed by atoms with Crippen LogP contribution in [-0.4, -0.2) is 29.9 Å². The van der Waals surface area contributed by atoms with Crippen LogP contribution in [0.5, 0.6) is 0 Å². The number of nitrogens with one attached hydrogen (secondary N) is 1. The van der Waals surface area contributed by atoms with E-state index >= 15 is 0 Å². The van der Waals surface area contributed by atoms with Gasteiger partial charge in [-0.05, 0) is 38.1 Å². The van der Waals surface area contributed by atoms with Crippen molar-refractivity contribution in [1.29, 1.82) is 5.41 Å². The van der Waals surface area contributed by atoms with Crippen molar-refractivity contribution in [3.63, 3.8) is 0 Å². The number of rotatable bonds is 4. The molecule has 0 spiro atoms. The van der Waals surface area contributed by atoms with Crippen LogP contribution in [0, 0.1) is 17.2 Å². The first-order valence-corrected chi connectivity index (χ1v) is 6.07. The summed E-state index contributed by atoms with van der Waals surface area (Å²) in [5.74, 6) is 1.93. The molecule has 3 heteroatoms. The molecule has 0 bridgehead atoms. The summed E-state index contributed by atoms with van der Waals surface area (Å²) in [6.07, 6.45) is 3.12. The molecule has 3 unspecified atom stereocenters. The molecule has 1 aliphatic rings. The largest absolute Gasteiger partial charge is 0.388 e. The van der Waals surface area contributed by atoms with Crippen molar-refractivity contribution in [1.82, 2.24) is 4.90 Å². The van der Waals surface area contributed by atoms with Gasteiger partial charge in [0, 0.05) is 19.0 Å². The highest BCUT2D eigenvalue weighted by Crippen LogP contribution is 2.26. The van der Waals surface area contributed by atoms with E-state index in [2.05, 4.69) is 25.7 Å². The Balaban J connectivity index is 2.35. The van der Waals surface area contributed by atoms with Gasteiger partial charge in [0.05, 0.1) is 5.84 Å². The fraction of sp³-hybridized carbons (Fsp3) is 0.917. The van der Waals surface area contributed by atoms with Crippen molar-refractivity contribution in [2.45, 2.75) is 46.1 Å². The molecular formula is C12H25N3. The van der Waals surface area contributed by atoms with Gasteiger partial charge in [-0.25, -0.2) is 0 Å². The smallest absolute Gasteiger partial charge is 0.0905 e. The third kappa shape index (κ3) is 3.82. The van der Waals surface area contributed by atoms with Crippen LogP contribution >= 0.6 is 0 Å². The average molecular weight is 211 g/mol. The fourth-order valence-electron chi connectivity index (χ4n) is 2.60. The highest BCUT2D eigenvalue weighted by Gasteiger charge is 2.27. The van der Waals surface area contributed by atoms with E-state index < -0.39 is 0 Å². The quantitative estimate of drug-likeness (QED) is 0.552.